The van der Waals surface area contributed by atoms with E-state index in [1.54, 1.807) is 0 Å². The monoisotopic (exact) mass is 323 g/mol. The Morgan fingerprint density at radius 1 is 1.33 bits per heavy atom. The fourth-order valence-corrected chi connectivity index (χ4v) is 4.05. The van der Waals surface area contributed by atoms with Crippen LogP contribution >= 0.6 is 0 Å². The van der Waals surface area contributed by atoms with Crippen LogP contribution in [0.1, 0.15) is 12.5 Å². The minimum absolute atomic E-state index is 0.0319. The van der Waals surface area contributed by atoms with Crippen molar-refractivity contribution in [3.63, 3.8) is 0 Å². The topological polar surface area (TPSA) is 57.6 Å². The van der Waals surface area contributed by atoms with Crippen LogP contribution < -0.4 is 0 Å². The lowest BCUT2D eigenvalue weighted by Crippen LogP contribution is -2.29. The second-order valence-corrected chi connectivity index (χ2v) is 7.21. The summed E-state index contributed by atoms with van der Waals surface area (Å²) >= 11 is 0. The number of nitrogens with zero attached hydrogens (tertiary/aromatic N) is 1. The molecule has 8 heteroatoms. The Bertz CT molecular complexity index is 615. The molecule has 0 spiro atoms. The van der Waals surface area contributed by atoms with Crippen LogP contribution in [0.25, 0.3) is 0 Å². The molecule has 1 aliphatic rings. The second kappa shape index (κ2) is 5.58. The Morgan fingerprint density at radius 3 is 2.52 bits per heavy atom. The molecule has 1 aromatic carbocycles. The maximum absolute atomic E-state index is 12.7. The van der Waals surface area contributed by atoms with E-state index in [0.29, 0.717) is 6.07 Å². The van der Waals surface area contributed by atoms with Gasteiger partial charge in [0.2, 0.25) is 10.0 Å². The van der Waals surface area contributed by atoms with Crippen molar-refractivity contribution >= 4 is 10.0 Å². The predicted octanol–water partition coefficient (Wildman–Crippen LogP) is 1.95. The van der Waals surface area contributed by atoms with Crippen LogP contribution in [0, 0.1) is 11.8 Å². The number of alkyl halides is 3. The van der Waals surface area contributed by atoms with Crippen LogP contribution in [0.3, 0.4) is 0 Å². The van der Waals surface area contributed by atoms with Gasteiger partial charge in [0.1, 0.15) is 0 Å². The molecule has 2 atom stereocenters. The van der Waals surface area contributed by atoms with Crippen LogP contribution in [-0.2, 0) is 16.2 Å². The number of hydrogen-bond donors (Lipinski definition) is 1. The Kier molecular flexibility index (Phi) is 4.32. The summed E-state index contributed by atoms with van der Waals surface area (Å²) in [7, 11) is -3.98. The van der Waals surface area contributed by atoms with E-state index in [0.717, 1.165) is 22.5 Å². The van der Waals surface area contributed by atoms with Gasteiger partial charge in [-0.15, -0.1) is 0 Å². The van der Waals surface area contributed by atoms with Gasteiger partial charge in [0.25, 0.3) is 0 Å². The first-order valence-corrected chi connectivity index (χ1v) is 7.88. The number of benzene rings is 1. The molecule has 0 aromatic heterocycles. The fraction of sp³-hybridized carbons (Fsp3) is 0.538. The summed E-state index contributed by atoms with van der Waals surface area (Å²) < 4.78 is 63.9. The van der Waals surface area contributed by atoms with Gasteiger partial charge in [0.15, 0.2) is 0 Å². The van der Waals surface area contributed by atoms with Gasteiger partial charge in [-0.2, -0.15) is 17.5 Å². The number of sulfonamides is 1. The molecule has 1 aliphatic heterocycles. The van der Waals surface area contributed by atoms with Crippen molar-refractivity contribution in [3.8, 4) is 0 Å². The van der Waals surface area contributed by atoms with Crippen LogP contribution in [0.2, 0.25) is 0 Å². The van der Waals surface area contributed by atoms with Crippen molar-refractivity contribution in [2.75, 3.05) is 19.7 Å². The summed E-state index contributed by atoms with van der Waals surface area (Å²) in [4.78, 5) is -0.372. The number of aliphatic hydroxyl groups is 1. The predicted molar refractivity (Wildman–Crippen MR) is 69.9 cm³/mol. The zero-order valence-corrected chi connectivity index (χ0v) is 12.2. The third-order valence-electron chi connectivity index (χ3n) is 3.77. The van der Waals surface area contributed by atoms with Gasteiger partial charge in [-0.3, -0.25) is 0 Å². The van der Waals surface area contributed by atoms with Gasteiger partial charge in [-0.25, -0.2) is 8.42 Å². The number of aliphatic hydroxyl groups excluding tert-OH is 1. The zero-order chi connectivity index (χ0) is 15.8. The second-order valence-electron chi connectivity index (χ2n) is 5.27. The minimum atomic E-state index is -4.59. The summed E-state index contributed by atoms with van der Waals surface area (Å²) in [6.07, 6.45) is -4.59. The molecule has 4 nitrogen and oxygen atoms in total. The molecule has 0 unspecified atom stereocenters. The summed E-state index contributed by atoms with van der Waals surface area (Å²) in [5.74, 6) is -0.221. The third kappa shape index (κ3) is 3.22. The van der Waals surface area contributed by atoms with Crippen LogP contribution in [0.4, 0.5) is 13.2 Å². The molecule has 1 aromatic rings. The van der Waals surface area contributed by atoms with Crippen LogP contribution in [0.15, 0.2) is 29.2 Å². The van der Waals surface area contributed by atoms with Gasteiger partial charge < -0.3 is 5.11 Å². The minimum Gasteiger partial charge on any atom is -0.396 e. The van der Waals surface area contributed by atoms with E-state index < -0.39 is 21.8 Å². The first-order valence-electron chi connectivity index (χ1n) is 6.44. The SMILES string of the molecule is C[C@@H]1CN(S(=O)(=O)c2cccc(C(F)(F)F)c2)C[C@H]1CO. The molecule has 1 saturated heterocycles. The van der Waals surface area contributed by atoms with Gasteiger partial charge in [-0.1, -0.05) is 13.0 Å². The lowest BCUT2D eigenvalue weighted by molar-refractivity contribution is -0.137. The van der Waals surface area contributed by atoms with E-state index >= 15 is 0 Å². The van der Waals surface area contributed by atoms with E-state index in [4.69, 9.17) is 0 Å². The summed E-state index contributed by atoms with van der Waals surface area (Å²) in [6.45, 7) is 1.98. The molecule has 118 valence electrons. The van der Waals surface area contributed by atoms with E-state index in [1.807, 2.05) is 6.92 Å². The third-order valence-corrected chi connectivity index (χ3v) is 5.60. The molecule has 1 fully saturated rings. The quantitative estimate of drug-likeness (QED) is 0.925. The summed E-state index contributed by atoms with van der Waals surface area (Å²) in [5.41, 5.74) is -0.991. The van der Waals surface area contributed by atoms with E-state index in [2.05, 4.69) is 0 Å². The Balaban J connectivity index is 2.33. The molecule has 0 bridgehead atoms. The van der Waals surface area contributed by atoms with Gasteiger partial charge >= 0.3 is 6.18 Å². The molecule has 21 heavy (non-hydrogen) atoms. The molecular weight excluding hydrogens is 307 g/mol. The van der Waals surface area contributed by atoms with Gasteiger partial charge in [0, 0.05) is 19.7 Å². The first-order chi connectivity index (χ1) is 9.66. The van der Waals surface area contributed by atoms with Crippen LogP contribution in [0.5, 0.6) is 0 Å². The molecular formula is C13H16F3NO3S. The number of rotatable bonds is 3. The highest BCUT2D eigenvalue weighted by Gasteiger charge is 2.38. The van der Waals surface area contributed by atoms with Crippen LogP contribution in [-0.4, -0.2) is 37.5 Å². The summed E-state index contributed by atoms with van der Waals surface area (Å²) in [5, 5.41) is 9.17. The smallest absolute Gasteiger partial charge is 0.396 e. The van der Waals surface area contributed by atoms with Crippen molar-refractivity contribution < 1.29 is 26.7 Å². The molecule has 0 amide bonds. The lowest BCUT2D eigenvalue weighted by Gasteiger charge is -2.17. The molecule has 2 rings (SSSR count). The Morgan fingerprint density at radius 2 is 2.00 bits per heavy atom. The van der Waals surface area contributed by atoms with Crippen molar-refractivity contribution in [2.45, 2.75) is 18.0 Å². The summed E-state index contributed by atoms with van der Waals surface area (Å²) in [6, 6.07) is 3.72. The highest BCUT2D eigenvalue weighted by Crippen LogP contribution is 2.33. The Hall–Kier alpha value is -1.12. The highest BCUT2D eigenvalue weighted by atomic mass is 32.2. The highest BCUT2D eigenvalue weighted by molar-refractivity contribution is 7.89. The number of hydrogen-bond acceptors (Lipinski definition) is 3. The first kappa shape index (κ1) is 16.3. The van der Waals surface area contributed by atoms with E-state index in [9.17, 15) is 26.7 Å². The van der Waals surface area contributed by atoms with E-state index in [-0.39, 0.29) is 36.4 Å². The average Bonchev–Trinajstić information content (AvgIpc) is 2.80. The fourth-order valence-electron chi connectivity index (χ4n) is 2.40. The van der Waals surface area contributed by atoms with Crippen molar-refractivity contribution in [1.29, 1.82) is 0 Å². The number of halogens is 3. The standard InChI is InChI=1S/C13H16F3NO3S/c1-9-6-17(7-10(9)8-18)21(19,20)12-4-2-3-11(5-12)13(14,15)16/h2-5,9-10,18H,6-8H2,1H3/t9-,10+/m1/s1. The van der Waals surface area contributed by atoms with Crippen molar-refractivity contribution in [1.82, 2.24) is 4.31 Å². The molecule has 1 N–H and O–H groups in total. The van der Waals surface area contributed by atoms with Crippen molar-refractivity contribution in [3.05, 3.63) is 29.8 Å². The maximum Gasteiger partial charge on any atom is 0.416 e. The van der Waals surface area contributed by atoms with Crippen molar-refractivity contribution in [2.24, 2.45) is 11.8 Å². The van der Waals surface area contributed by atoms with Gasteiger partial charge in [-0.05, 0) is 30.0 Å². The van der Waals surface area contributed by atoms with E-state index in [1.165, 1.54) is 0 Å². The molecule has 0 aliphatic carbocycles. The average molecular weight is 323 g/mol. The zero-order valence-electron chi connectivity index (χ0n) is 11.3. The molecule has 0 radical (unpaired) electrons. The maximum atomic E-state index is 12.7. The largest absolute Gasteiger partial charge is 0.416 e. The van der Waals surface area contributed by atoms with Gasteiger partial charge in [0.05, 0.1) is 10.5 Å². The lowest BCUT2D eigenvalue weighted by atomic mass is 10.00. The molecule has 1 heterocycles. The normalized spacial score (nSPS) is 24.4. The Labute approximate surface area is 121 Å². The molecule has 0 saturated carbocycles.